The van der Waals surface area contributed by atoms with Gasteiger partial charge in [0.15, 0.2) is 0 Å². The van der Waals surface area contributed by atoms with E-state index in [0.29, 0.717) is 35.1 Å². The first-order chi connectivity index (χ1) is 18.8. The molecule has 3 N–H and O–H groups in total. The van der Waals surface area contributed by atoms with Crippen LogP contribution in [0.25, 0.3) is 0 Å². The van der Waals surface area contributed by atoms with Gasteiger partial charge >= 0.3 is 18.1 Å². The van der Waals surface area contributed by atoms with Crippen LogP contribution < -0.4 is 15.1 Å². The van der Waals surface area contributed by atoms with Crippen molar-refractivity contribution in [2.45, 2.75) is 20.0 Å². The van der Waals surface area contributed by atoms with E-state index in [9.17, 15) is 27.9 Å². The summed E-state index contributed by atoms with van der Waals surface area (Å²) in [5.74, 6) is -4.04. The van der Waals surface area contributed by atoms with E-state index < -0.39 is 18.1 Å². The molecule has 1 saturated heterocycles. The number of aryl methyl sites for hydroxylation is 2. The Morgan fingerprint density at radius 3 is 1.93 bits per heavy atom. The minimum Gasteiger partial charge on any atom is -0.478 e. The maximum atomic E-state index is 12.6. The number of carbonyl (C=O) groups is 3. The zero-order valence-corrected chi connectivity index (χ0v) is 22.4. The van der Waals surface area contributed by atoms with Crippen molar-refractivity contribution in [3.8, 4) is 0 Å². The lowest BCUT2D eigenvalue weighted by Crippen LogP contribution is -2.47. The number of carboxylic acids is 2. The second-order valence-corrected chi connectivity index (χ2v) is 9.45. The summed E-state index contributed by atoms with van der Waals surface area (Å²) in [7, 11) is 0. The van der Waals surface area contributed by atoms with E-state index in [2.05, 4.69) is 22.0 Å². The fourth-order valence-corrected chi connectivity index (χ4v) is 4.36. The number of aromatic carboxylic acids is 1. The highest BCUT2D eigenvalue weighted by molar-refractivity contribution is 6.30. The molecule has 0 aliphatic carbocycles. The standard InChI is InChI=1S/C26H26ClN3O3.C2HF3O2/c1-17-5-3-4-6-21(17)25(31)28-20-9-10-23(22(16-20)26(32)33)29-11-13-30(14-12-29)24-15-19(27)8-7-18(24)2;3-2(4,5)1(6)7/h3-10,15-16H,11-14H2,1-2H3,(H,28,31)(H,32,33);(H,6,7). The fraction of sp³-hybridized carbons (Fsp3) is 0.250. The summed E-state index contributed by atoms with van der Waals surface area (Å²) in [4.78, 5) is 37.9. The number of nitrogens with one attached hydrogen (secondary N) is 1. The molecule has 0 saturated carbocycles. The van der Waals surface area contributed by atoms with Crippen LogP contribution in [0, 0.1) is 13.8 Å². The molecule has 0 radical (unpaired) electrons. The monoisotopic (exact) mass is 577 g/mol. The zero-order valence-electron chi connectivity index (χ0n) is 21.6. The van der Waals surface area contributed by atoms with Gasteiger partial charge in [-0.1, -0.05) is 35.9 Å². The van der Waals surface area contributed by atoms with Gasteiger partial charge in [-0.05, 0) is 61.4 Å². The van der Waals surface area contributed by atoms with Crippen molar-refractivity contribution in [3.05, 3.63) is 87.9 Å². The SMILES string of the molecule is Cc1ccccc1C(=O)Nc1ccc(N2CCN(c3cc(Cl)ccc3C)CC2)c(C(=O)O)c1.O=C(O)C(F)(F)F. The molecule has 1 aliphatic rings. The van der Waals surface area contributed by atoms with Gasteiger partial charge in [-0.25, -0.2) is 9.59 Å². The molecule has 0 atom stereocenters. The molecule has 3 aromatic carbocycles. The van der Waals surface area contributed by atoms with Crippen LogP contribution in [0.15, 0.2) is 60.7 Å². The van der Waals surface area contributed by atoms with Gasteiger partial charge in [0.05, 0.1) is 11.3 Å². The zero-order chi connectivity index (χ0) is 29.6. The van der Waals surface area contributed by atoms with Crippen LogP contribution >= 0.6 is 11.6 Å². The van der Waals surface area contributed by atoms with Crippen LogP contribution in [0.1, 0.15) is 31.8 Å². The van der Waals surface area contributed by atoms with Gasteiger partial charge in [-0.15, -0.1) is 0 Å². The van der Waals surface area contributed by atoms with Crippen molar-refractivity contribution >= 4 is 46.5 Å². The van der Waals surface area contributed by atoms with Crippen LogP contribution in [0.4, 0.5) is 30.2 Å². The van der Waals surface area contributed by atoms with Crippen LogP contribution in [0.5, 0.6) is 0 Å². The molecule has 1 fully saturated rings. The van der Waals surface area contributed by atoms with Crippen molar-refractivity contribution < 1.29 is 37.8 Å². The van der Waals surface area contributed by atoms with Crippen LogP contribution in [0.2, 0.25) is 5.02 Å². The fourth-order valence-electron chi connectivity index (χ4n) is 4.20. The lowest BCUT2D eigenvalue weighted by molar-refractivity contribution is -0.192. The van der Waals surface area contributed by atoms with E-state index in [1.807, 2.05) is 37.3 Å². The molecular weight excluding hydrogens is 551 g/mol. The first kappa shape index (κ1) is 30.3. The van der Waals surface area contributed by atoms with Crippen molar-refractivity contribution in [1.29, 1.82) is 0 Å². The average molecular weight is 578 g/mol. The summed E-state index contributed by atoms with van der Waals surface area (Å²) >= 11 is 6.18. The maximum Gasteiger partial charge on any atom is 0.490 e. The van der Waals surface area contributed by atoms with Crippen molar-refractivity contribution in [3.63, 3.8) is 0 Å². The first-order valence-corrected chi connectivity index (χ1v) is 12.5. The Morgan fingerprint density at radius 2 is 1.38 bits per heavy atom. The average Bonchev–Trinajstić information content (AvgIpc) is 2.90. The number of hydrogen-bond donors (Lipinski definition) is 3. The summed E-state index contributed by atoms with van der Waals surface area (Å²) in [6.45, 7) is 6.80. The Morgan fingerprint density at radius 1 is 0.800 bits per heavy atom. The molecule has 12 heteroatoms. The highest BCUT2D eigenvalue weighted by Crippen LogP contribution is 2.29. The highest BCUT2D eigenvalue weighted by Gasteiger charge is 2.38. The molecular formula is C28H27ClF3N3O5. The molecule has 3 aromatic rings. The second kappa shape index (κ2) is 12.7. The normalized spacial score (nSPS) is 13.2. The molecule has 1 amide bonds. The van der Waals surface area contributed by atoms with Crippen molar-refractivity contribution in [2.24, 2.45) is 0 Å². The van der Waals surface area contributed by atoms with E-state index >= 15 is 0 Å². The van der Waals surface area contributed by atoms with E-state index in [1.54, 1.807) is 24.3 Å². The number of anilines is 3. The van der Waals surface area contributed by atoms with Gasteiger partial charge in [0.1, 0.15) is 0 Å². The van der Waals surface area contributed by atoms with Crippen molar-refractivity contribution in [2.75, 3.05) is 41.3 Å². The number of rotatable bonds is 5. The Labute approximate surface area is 233 Å². The number of halogens is 4. The number of aliphatic carboxylic acids is 1. The summed E-state index contributed by atoms with van der Waals surface area (Å²) in [5, 5.41) is 20.5. The number of piperazine rings is 1. The van der Waals surface area contributed by atoms with Gasteiger partial charge < -0.3 is 25.3 Å². The first-order valence-electron chi connectivity index (χ1n) is 12.1. The Hall–Kier alpha value is -4.25. The number of carboxylic acid groups (broad SMARTS) is 2. The molecule has 0 spiro atoms. The Kier molecular flexibility index (Phi) is 9.65. The number of benzene rings is 3. The molecule has 0 aromatic heterocycles. The smallest absolute Gasteiger partial charge is 0.478 e. The molecule has 212 valence electrons. The molecule has 1 aliphatic heterocycles. The van der Waals surface area contributed by atoms with Gasteiger partial charge in [-0.3, -0.25) is 4.79 Å². The van der Waals surface area contributed by atoms with Crippen molar-refractivity contribution in [1.82, 2.24) is 0 Å². The number of amides is 1. The second-order valence-electron chi connectivity index (χ2n) is 9.01. The molecule has 0 unspecified atom stereocenters. The van der Waals surface area contributed by atoms with E-state index in [-0.39, 0.29) is 11.5 Å². The largest absolute Gasteiger partial charge is 0.490 e. The molecule has 0 bridgehead atoms. The third kappa shape index (κ3) is 7.66. The molecule has 40 heavy (non-hydrogen) atoms. The van der Waals surface area contributed by atoms with E-state index in [0.717, 1.165) is 29.9 Å². The molecule has 8 nitrogen and oxygen atoms in total. The third-order valence-electron chi connectivity index (χ3n) is 6.25. The number of carbonyl (C=O) groups excluding carboxylic acids is 1. The quantitative estimate of drug-likeness (QED) is 0.348. The van der Waals surface area contributed by atoms with Gasteiger partial charge in [-0.2, -0.15) is 13.2 Å². The van der Waals surface area contributed by atoms with Crippen LogP contribution in [0.3, 0.4) is 0 Å². The third-order valence-corrected chi connectivity index (χ3v) is 6.48. The van der Waals surface area contributed by atoms with E-state index in [4.69, 9.17) is 21.5 Å². The predicted molar refractivity (Wildman–Crippen MR) is 147 cm³/mol. The topological polar surface area (TPSA) is 110 Å². The predicted octanol–water partition coefficient (Wildman–Crippen LogP) is 5.87. The molecule has 1 heterocycles. The van der Waals surface area contributed by atoms with Gasteiger partial charge in [0, 0.05) is 48.1 Å². The minimum atomic E-state index is -5.08. The minimum absolute atomic E-state index is 0.171. The number of alkyl halides is 3. The van der Waals surface area contributed by atoms with Gasteiger partial charge in [0.2, 0.25) is 0 Å². The highest BCUT2D eigenvalue weighted by atomic mass is 35.5. The summed E-state index contributed by atoms with van der Waals surface area (Å²) in [5.41, 5.74) is 4.97. The number of nitrogens with zero attached hydrogens (tertiary/aromatic N) is 2. The number of hydrogen-bond acceptors (Lipinski definition) is 5. The molecule has 4 rings (SSSR count). The summed E-state index contributed by atoms with van der Waals surface area (Å²) < 4.78 is 31.7. The van der Waals surface area contributed by atoms with Crippen LogP contribution in [-0.4, -0.2) is 60.4 Å². The summed E-state index contributed by atoms with van der Waals surface area (Å²) in [6, 6.07) is 18.2. The van der Waals surface area contributed by atoms with Gasteiger partial charge in [0.25, 0.3) is 5.91 Å². The Bertz CT molecular complexity index is 1410. The van der Waals surface area contributed by atoms with Crippen LogP contribution in [-0.2, 0) is 4.79 Å². The lowest BCUT2D eigenvalue weighted by Gasteiger charge is -2.38. The Balaban J connectivity index is 0.000000559. The summed E-state index contributed by atoms with van der Waals surface area (Å²) in [6.07, 6.45) is -5.08. The maximum absolute atomic E-state index is 12.6. The lowest BCUT2D eigenvalue weighted by atomic mass is 10.1. The van der Waals surface area contributed by atoms with E-state index in [1.165, 1.54) is 6.07 Å².